The van der Waals surface area contributed by atoms with E-state index in [1.54, 1.807) is 4.90 Å². The molecule has 1 unspecified atom stereocenters. The van der Waals surface area contributed by atoms with Crippen LogP contribution in [0.5, 0.6) is 0 Å². The third-order valence-electron chi connectivity index (χ3n) is 3.51. The van der Waals surface area contributed by atoms with Crippen molar-refractivity contribution >= 4 is 17.2 Å². The first kappa shape index (κ1) is 15.1. The lowest BCUT2D eigenvalue weighted by Gasteiger charge is -2.21. The number of benzene rings is 1. The summed E-state index contributed by atoms with van der Waals surface area (Å²) in [6.07, 6.45) is -0.638. The van der Waals surface area contributed by atoms with E-state index in [0.29, 0.717) is 30.3 Å². The maximum atomic E-state index is 12.8. The molecule has 0 saturated carbocycles. The quantitative estimate of drug-likeness (QED) is 0.919. The van der Waals surface area contributed by atoms with Crippen molar-refractivity contribution in [1.82, 2.24) is 9.88 Å². The van der Waals surface area contributed by atoms with Gasteiger partial charge in [-0.2, -0.15) is 0 Å². The predicted octanol–water partition coefficient (Wildman–Crippen LogP) is 1.95. The van der Waals surface area contributed by atoms with E-state index < -0.39 is 6.10 Å². The van der Waals surface area contributed by atoms with Gasteiger partial charge in [0, 0.05) is 18.7 Å². The largest absolute Gasteiger partial charge is 0.389 e. The number of carbonyl (C=O) groups excluding carboxylic acids is 1. The van der Waals surface area contributed by atoms with Crippen LogP contribution < -0.4 is 0 Å². The van der Waals surface area contributed by atoms with E-state index in [1.165, 1.54) is 11.3 Å². The summed E-state index contributed by atoms with van der Waals surface area (Å²) in [4.78, 5) is 19.6. The average Bonchev–Trinajstić information content (AvgIpc) is 2.78. The van der Waals surface area contributed by atoms with Gasteiger partial charge in [-0.05, 0) is 6.92 Å². The molecule has 2 aromatic rings. The summed E-state index contributed by atoms with van der Waals surface area (Å²) in [7, 11) is 0. The zero-order valence-electron chi connectivity index (χ0n) is 12.4. The number of aryl methyl sites for hydroxylation is 1. The zero-order chi connectivity index (χ0) is 15.5. The number of nitrogens with zero attached hydrogens (tertiary/aromatic N) is 2. The number of amides is 1. The van der Waals surface area contributed by atoms with E-state index in [2.05, 4.69) is 4.98 Å². The maximum Gasteiger partial charge on any atom is 0.266 e. The number of aromatic nitrogens is 1. The Balaban J connectivity index is 1.92. The molecule has 6 heteroatoms. The summed E-state index contributed by atoms with van der Waals surface area (Å²) in [5.74, 6) is -0.0889. The molecule has 1 atom stereocenters. The minimum absolute atomic E-state index is 0.0889. The molecule has 1 aromatic heterocycles. The number of ether oxygens (including phenoxy) is 1. The monoisotopic (exact) mass is 318 g/mol. The Bertz CT molecular complexity index is 657. The Labute approximate surface area is 133 Å². The van der Waals surface area contributed by atoms with Crippen LogP contribution in [0.4, 0.5) is 0 Å². The van der Waals surface area contributed by atoms with E-state index in [-0.39, 0.29) is 12.5 Å². The summed E-state index contributed by atoms with van der Waals surface area (Å²) in [5, 5.41) is 10.7. The summed E-state index contributed by atoms with van der Waals surface area (Å²) >= 11 is 1.39. The first-order chi connectivity index (χ1) is 10.6. The predicted molar refractivity (Wildman–Crippen MR) is 85.0 cm³/mol. The fourth-order valence-corrected chi connectivity index (χ4v) is 3.39. The number of aliphatic hydroxyl groups is 1. The normalized spacial score (nSPS) is 19.0. The molecule has 1 aliphatic rings. The highest BCUT2D eigenvalue weighted by Crippen LogP contribution is 2.29. The molecule has 0 spiro atoms. The minimum Gasteiger partial charge on any atom is -0.389 e. The van der Waals surface area contributed by atoms with Gasteiger partial charge in [-0.3, -0.25) is 4.79 Å². The lowest BCUT2D eigenvalue weighted by atomic mass is 10.1. The Morgan fingerprint density at radius 2 is 2.18 bits per heavy atom. The van der Waals surface area contributed by atoms with Crippen molar-refractivity contribution in [3.05, 3.63) is 40.2 Å². The molecule has 0 radical (unpaired) electrons. The number of β-amino-alcohol motifs (C(OH)–C–C–N with tert-alkyl or cyclic N) is 1. The number of thiazole rings is 1. The second-order valence-corrected chi connectivity index (χ2v) is 6.46. The van der Waals surface area contributed by atoms with Crippen molar-refractivity contribution in [2.45, 2.75) is 13.0 Å². The third-order valence-corrected chi connectivity index (χ3v) is 4.47. The van der Waals surface area contributed by atoms with Crippen molar-refractivity contribution in [3.8, 4) is 11.3 Å². The molecular formula is C16H18N2O3S. The fourth-order valence-electron chi connectivity index (χ4n) is 2.48. The maximum absolute atomic E-state index is 12.8. The highest BCUT2D eigenvalue weighted by Gasteiger charge is 2.26. The summed E-state index contributed by atoms with van der Waals surface area (Å²) < 4.78 is 5.29. The average molecular weight is 318 g/mol. The Morgan fingerprint density at radius 3 is 2.95 bits per heavy atom. The Hall–Kier alpha value is -1.76. The molecule has 5 nitrogen and oxygen atoms in total. The number of hydrogen-bond acceptors (Lipinski definition) is 5. The van der Waals surface area contributed by atoms with Crippen LogP contribution in [0.25, 0.3) is 11.3 Å². The van der Waals surface area contributed by atoms with Crippen LogP contribution in [0.3, 0.4) is 0 Å². The number of aliphatic hydroxyl groups excluding tert-OH is 1. The summed E-state index contributed by atoms with van der Waals surface area (Å²) in [6, 6.07) is 9.70. The first-order valence-corrected chi connectivity index (χ1v) is 8.04. The van der Waals surface area contributed by atoms with Crippen LogP contribution >= 0.6 is 11.3 Å². The SMILES string of the molecule is Cc1nc(-c2ccccc2)c(C(=O)N2CCOCC(O)C2)s1. The van der Waals surface area contributed by atoms with E-state index >= 15 is 0 Å². The molecular weight excluding hydrogens is 300 g/mol. The topological polar surface area (TPSA) is 62.7 Å². The van der Waals surface area contributed by atoms with E-state index in [1.807, 2.05) is 37.3 Å². The summed E-state index contributed by atoms with van der Waals surface area (Å²) in [5.41, 5.74) is 1.65. The van der Waals surface area contributed by atoms with Gasteiger partial charge in [-0.15, -0.1) is 11.3 Å². The number of carbonyl (C=O) groups is 1. The van der Waals surface area contributed by atoms with Crippen LogP contribution in [0.15, 0.2) is 30.3 Å². The van der Waals surface area contributed by atoms with Crippen LogP contribution in [0.1, 0.15) is 14.7 Å². The molecule has 0 bridgehead atoms. The molecule has 0 aliphatic carbocycles. The van der Waals surface area contributed by atoms with Gasteiger partial charge in [0.2, 0.25) is 0 Å². The van der Waals surface area contributed by atoms with Gasteiger partial charge in [0.15, 0.2) is 0 Å². The zero-order valence-corrected chi connectivity index (χ0v) is 13.2. The highest BCUT2D eigenvalue weighted by molar-refractivity contribution is 7.14. The van der Waals surface area contributed by atoms with Crippen molar-refractivity contribution in [2.24, 2.45) is 0 Å². The molecule has 116 valence electrons. The van der Waals surface area contributed by atoms with E-state index in [0.717, 1.165) is 10.6 Å². The van der Waals surface area contributed by atoms with Gasteiger partial charge in [0.1, 0.15) is 4.88 Å². The van der Waals surface area contributed by atoms with Crippen LogP contribution in [-0.4, -0.2) is 53.3 Å². The molecule has 1 N–H and O–H groups in total. The van der Waals surface area contributed by atoms with Gasteiger partial charge in [0.05, 0.1) is 30.0 Å². The van der Waals surface area contributed by atoms with Crippen molar-refractivity contribution in [2.75, 3.05) is 26.3 Å². The van der Waals surface area contributed by atoms with E-state index in [4.69, 9.17) is 4.74 Å². The van der Waals surface area contributed by atoms with Gasteiger partial charge >= 0.3 is 0 Å². The van der Waals surface area contributed by atoms with Crippen LogP contribution in [-0.2, 0) is 4.74 Å². The molecule has 22 heavy (non-hydrogen) atoms. The van der Waals surface area contributed by atoms with Crippen LogP contribution in [0.2, 0.25) is 0 Å². The number of hydrogen-bond donors (Lipinski definition) is 1. The lowest BCUT2D eigenvalue weighted by Crippen LogP contribution is -2.37. The molecule has 1 aliphatic heterocycles. The van der Waals surface area contributed by atoms with E-state index in [9.17, 15) is 9.90 Å². The first-order valence-electron chi connectivity index (χ1n) is 7.23. The lowest BCUT2D eigenvalue weighted by molar-refractivity contribution is 0.0535. The third kappa shape index (κ3) is 3.19. The Kier molecular flexibility index (Phi) is 4.52. The van der Waals surface area contributed by atoms with Gasteiger partial charge < -0.3 is 14.7 Å². The second-order valence-electron chi connectivity index (χ2n) is 5.26. The molecule has 1 saturated heterocycles. The smallest absolute Gasteiger partial charge is 0.266 e. The van der Waals surface area contributed by atoms with Crippen molar-refractivity contribution in [1.29, 1.82) is 0 Å². The molecule has 3 rings (SSSR count). The summed E-state index contributed by atoms with van der Waals surface area (Å²) in [6.45, 7) is 3.40. The molecule has 1 fully saturated rings. The van der Waals surface area contributed by atoms with Gasteiger partial charge in [0.25, 0.3) is 5.91 Å². The molecule has 1 amide bonds. The highest BCUT2D eigenvalue weighted by atomic mass is 32.1. The minimum atomic E-state index is -0.638. The van der Waals surface area contributed by atoms with Crippen LogP contribution in [0, 0.1) is 6.92 Å². The standard InChI is InChI=1S/C16H18N2O3S/c1-11-17-14(12-5-3-2-4-6-12)15(22-11)16(20)18-7-8-21-10-13(19)9-18/h2-6,13,19H,7-10H2,1H3. The Morgan fingerprint density at radius 1 is 1.41 bits per heavy atom. The van der Waals surface area contributed by atoms with Gasteiger partial charge in [-0.1, -0.05) is 30.3 Å². The molecule has 1 aromatic carbocycles. The molecule has 2 heterocycles. The fraction of sp³-hybridized carbons (Fsp3) is 0.375. The van der Waals surface area contributed by atoms with Gasteiger partial charge in [-0.25, -0.2) is 4.98 Å². The van der Waals surface area contributed by atoms with Crippen molar-refractivity contribution in [3.63, 3.8) is 0 Å². The van der Waals surface area contributed by atoms with Crippen molar-refractivity contribution < 1.29 is 14.6 Å². The number of rotatable bonds is 2. The second kappa shape index (κ2) is 6.56.